The van der Waals surface area contributed by atoms with E-state index in [1.165, 1.54) is 6.92 Å². The number of alkyl halides is 1. The van der Waals surface area contributed by atoms with Crippen molar-refractivity contribution in [3.8, 4) is 0 Å². The van der Waals surface area contributed by atoms with Crippen LogP contribution in [0.2, 0.25) is 0 Å². The van der Waals surface area contributed by atoms with E-state index in [0.29, 0.717) is 6.42 Å². The lowest BCUT2D eigenvalue weighted by Gasteiger charge is -2.10. The Hall–Kier alpha value is 0.650. The minimum absolute atomic E-state index is 0.382. The first-order chi connectivity index (χ1) is 4.56. The van der Waals surface area contributed by atoms with E-state index in [2.05, 4.69) is 22.6 Å². The number of rotatable bonds is 1. The number of hydrogen-bond acceptors (Lipinski definition) is 2. The Labute approximate surface area is 77.8 Å². The molecular formula is C7H19IO2. The third-order valence-corrected chi connectivity index (χ3v) is 0.670. The van der Waals surface area contributed by atoms with Gasteiger partial charge in [0.05, 0.1) is 0 Å². The number of halogens is 1. The Morgan fingerprint density at radius 3 is 1.30 bits per heavy atom. The lowest BCUT2D eigenvalue weighted by Crippen LogP contribution is -2.20. The van der Waals surface area contributed by atoms with Crippen LogP contribution in [0.4, 0.5) is 0 Å². The molecule has 2 N–H and O–H groups in total. The van der Waals surface area contributed by atoms with Crippen LogP contribution in [0.25, 0.3) is 0 Å². The molecule has 2 nitrogen and oxygen atoms in total. The topological polar surface area (TPSA) is 40.5 Å². The van der Waals surface area contributed by atoms with Gasteiger partial charge in [-0.05, 0) is 18.3 Å². The molecule has 0 unspecified atom stereocenters. The van der Waals surface area contributed by atoms with Crippen molar-refractivity contribution in [1.82, 2.24) is 0 Å². The molecule has 0 aromatic rings. The van der Waals surface area contributed by atoms with E-state index in [-0.39, 0.29) is 0 Å². The molecule has 66 valence electrons. The van der Waals surface area contributed by atoms with E-state index in [4.69, 9.17) is 10.2 Å². The Balaban J connectivity index is -0.000000105. The third kappa shape index (κ3) is 38.0. The van der Waals surface area contributed by atoms with Crippen molar-refractivity contribution in [2.24, 2.45) is 0 Å². The second-order valence-corrected chi connectivity index (χ2v) is 1.57. The molecule has 0 bridgehead atoms. The summed E-state index contributed by atoms with van der Waals surface area (Å²) in [4.78, 5) is 1.97. The van der Waals surface area contributed by atoms with E-state index in [9.17, 15) is 0 Å². The summed E-state index contributed by atoms with van der Waals surface area (Å²) >= 11 is 2.15. The van der Waals surface area contributed by atoms with Crippen molar-refractivity contribution in [3.05, 3.63) is 0 Å². The fourth-order valence-corrected chi connectivity index (χ4v) is 0. The van der Waals surface area contributed by atoms with Crippen molar-refractivity contribution in [2.45, 2.75) is 39.9 Å². The summed E-state index contributed by atoms with van der Waals surface area (Å²) in [6.45, 7) is 7.06. The minimum atomic E-state index is -1.46. The predicted molar refractivity (Wildman–Crippen MR) is 54.4 cm³/mol. The maximum absolute atomic E-state index is 8.38. The van der Waals surface area contributed by atoms with Gasteiger partial charge in [0, 0.05) is 0 Å². The monoisotopic (exact) mass is 262 g/mol. The van der Waals surface area contributed by atoms with Crippen LogP contribution in [0.5, 0.6) is 0 Å². The van der Waals surface area contributed by atoms with Gasteiger partial charge in [-0.2, -0.15) is 0 Å². The van der Waals surface area contributed by atoms with Crippen LogP contribution in [0.1, 0.15) is 34.1 Å². The quantitative estimate of drug-likeness (QED) is 0.432. The molecule has 0 rings (SSSR count). The maximum Gasteiger partial charge on any atom is 0.159 e. The van der Waals surface area contributed by atoms with Crippen LogP contribution in [0.3, 0.4) is 0 Å². The van der Waals surface area contributed by atoms with Gasteiger partial charge in [-0.15, -0.1) is 0 Å². The van der Waals surface area contributed by atoms with Gasteiger partial charge >= 0.3 is 0 Å². The summed E-state index contributed by atoms with van der Waals surface area (Å²) in [6, 6.07) is 0. The summed E-state index contributed by atoms with van der Waals surface area (Å²) in [6.07, 6.45) is 0.382. The Bertz CT molecular complexity index is 41.4. The molecule has 0 aliphatic heterocycles. The van der Waals surface area contributed by atoms with E-state index in [1.54, 1.807) is 6.92 Å². The smallest absolute Gasteiger partial charge is 0.159 e. The van der Waals surface area contributed by atoms with Gasteiger partial charge < -0.3 is 10.2 Å². The van der Waals surface area contributed by atoms with E-state index < -0.39 is 5.79 Å². The largest absolute Gasteiger partial charge is 0.366 e. The first-order valence-electron chi connectivity index (χ1n) is 3.39. The Morgan fingerprint density at radius 2 is 1.30 bits per heavy atom. The van der Waals surface area contributed by atoms with Crippen LogP contribution >= 0.6 is 22.6 Å². The van der Waals surface area contributed by atoms with Crippen LogP contribution in [0.15, 0.2) is 0 Å². The standard InChI is InChI=1S/C4H10O2.C2H6.CH3I/c1-3-4(2,5)6;2*1-2/h5-6H,3H2,1-2H3;1-2H3;1H3. The highest BCUT2D eigenvalue weighted by Gasteiger charge is 2.08. The first kappa shape index (κ1) is 16.9. The average Bonchev–Trinajstić information content (AvgIpc) is 1.95. The Morgan fingerprint density at radius 1 is 1.20 bits per heavy atom. The molecule has 0 atom stereocenters. The third-order valence-electron chi connectivity index (χ3n) is 0.670. The SMILES string of the molecule is CC.CCC(C)(O)O.CI. The van der Waals surface area contributed by atoms with Gasteiger partial charge in [-0.3, -0.25) is 0 Å². The van der Waals surface area contributed by atoms with Crippen LogP contribution in [0, 0.1) is 0 Å². The molecule has 10 heavy (non-hydrogen) atoms. The fraction of sp³-hybridized carbons (Fsp3) is 1.00. The molecule has 0 radical (unpaired) electrons. The van der Waals surface area contributed by atoms with Crippen molar-refractivity contribution >= 4 is 22.6 Å². The predicted octanol–water partition coefficient (Wildman–Crippen LogP) is 2.17. The van der Waals surface area contributed by atoms with Crippen LogP contribution < -0.4 is 0 Å². The van der Waals surface area contributed by atoms with E-state index in [1.807, 2.05) is 18.8 Å². The lowest BCUT2D eigenvalue weighted by molar-refractivity contribution is -0.145. The fourth-order valence-electron chi connectivity index (χ4n) is 0. The molecule has 0 fully saturated rings. The van der Waals surface area contributed by atoms with Crippen LogP contribution in [-0.4, -0.2) is 20.9 Å². The van der Waals surface area contributed by atoms with Gasteiger partial charge in [0.2, 0.25) is 0 Å². The van der Waals surface area contributed by atoms with Crippen molar-refractivity contribution in [2.75, 3.05) is 4.93 Å². The zero-order chi connectivity index (χ0) is 9.21. The summed E-state index contributed by atoms with van der Waals surface area (Å²) < 4.78 is 0. The first-order valence-corrected chi connectivity index (χ1v) is 5.54. The summed E-state index contributed by atoms with van der Waals surface area (Å²) in [5, 5.41) is 16.8. The highest BCUT2D eigenvalue weighted by Crippen LogP contribution is 1.99. The van der Waals surface area contributed by atoms with Gasteiger partial charge in [0.25, 0.3) is 0 Å². The molecule has 0 spiro atoms. The molecule has 0 aliphatic rings. The molecular weight excluding hydrogens is 243 g/mol. The molecule has 0 heterocycles. The van der Waals surface area contributed by atoms with Gasteiger partial charge in [-0.1, -0.05) is 43.4 Å². The lowest BCUT2D eigenvalue weighted by atomic mass is 10.3. The van der Waals surface area contributed by atoms with E-state index >= 15 is 0 Å². The Kier molecular flexibility index (Phi) is 20.9. The van der Waals surface area contributed by atoms with Gasteiger partial charge in [0.15, 0.2) is 5.79 Å². The van der Waals surface area contributed by atoms with Gasteiger partial charge in [-0.25, -0.2) is 0 Å². The highest BCUT2D eigenvalue weighted by atomic mass is 127. The van der Waals surface area contributed by atoms with Crippen molar-refractivity contribution in [3.63, 3.8) is 0 Å². The molecule has 0 aromatic carbocycles. The maximum atomic E-state index is 8.38. The molecule has 0 aromatic heterocycles. The summed E-state index contributed by atoms with van der Waals surface area (Å²) in [5.74, 6) is -1.46. The minimum Gasteiger partial charge on any atom is -0.366 e. The zero-order valence-corrected chi connectivity index (χ0v) is 9.64. The normalized spacial score (nSPS) is 8.40. The second-order valence-electron chi connectivity index (χ2n) is 1.57. The second kappa shape index (κ2) is 12.3. The average molecular weight is 262 g/mol. The molecule has 0 aliphatic carbocycles. The van der Waals surface area contributed by atoms with Gasteiger partial charge in [0.1, 0.15) is 0 Å². The highest BCUT2D eigenvalue weighted by molar-refractivity contribution is 14.1. The number of hydrogen-bond donors (Lipinski definition) is 2. The van der Waals surface area contributed by atoms with Crippen LogP contribution in [-0.2, 0) is 0 Å². The van der Waals surface area contributed by atoms with Crippen molar-refractivity contribution in [1.29, 1.82) is 0 Å². The number of aliphatic hydroxyl groups is 2. The summed E-state index contributed by atoms with van der Waals surface area (Å²) in [5.41, 5.74) is 0. The molecule has 0 saturated heterocycles. The summed E-state index contributed by atoms with van der Waals surface area (Å²) in [7, 11) is 0. The molecule has 0 saturated carbocycles. The van der Waals surface area contributed by atoms with Crippen molar-refractivity contribution < 1.29 is 10.2 Å². The molecule has 3 heteroatoms. The molecule has 0 amide bonds. The zero-order valence-electron chi connectivity index (χ0n) is 7.48. The van der Waals surface area contributed by atoms with E-state index in [0.717, 1.165) is 0 Å².